The lowest BCUT2D eigenvalue weighted by Crippen LogP contribution is -2.19. The quantitative estimate of drug-likeness (QED) is 0.0366. The average molecular weight is 1350 g/mol. The van der Waals surface area contributed by atoms with Crippen molar-refractivity contribution in [3.8, 4) is 0 Å². The molecule has 0 bridgehead atoms. The van der Waals surface area contributed by atoms with Gasteiger partial charge >= 0.3 is 28.4 Å². The molecule has 0 unspecified atom stereocenters. The van der Waals surface area contributed by atoms with E-state index in [2.05, 4.69) is 74.7 Å². The number of carbonyl (C=O) groups is 5. The molecule has 2 aliphatic rings. The first-order valence-corrected chi connectivity index (χ1v) is 30.7. The number of carbonyl (C=O) groups excluding carboxylic acids is 5. The number of aromatic nitrogens is 10. The van der Waals surface area contributed by atoms with E-state index in [0.717, 1.165) is 57.8 Å². The topological polar surface area (TPSA) is 496 Å². The normalized spacial score (nSPS) is 13.0. The number of benzene rings is 6. The third-order valence-corrected chi connectivity index (χ3v) is 16.3. The van der Waals surface area contributed by atoms with E-state index in [1.165, 1.54) is 55.0 Å². The molecule has 0 N–H and O–H groups in total. The van der Waals surface area contributed by atoms with E-state index in [1.807, 2.05) is 13.0 Å². The number of nitro benzene ring substituents is 5. The first kappa shape index (κ1) is 70.0. The van der Waals surface area contributed by atoms with Gasteiger partial charge in [0, 0.05) is 92.2 Å². The van der Waals surface area contributed by atoms with Crippen molar-refractivity contribution in [2.45, 2.75) is 124 Å². The molecule has 0 radical (unpaired) electrons. The highest BCUT2D eigenvalue weighted by atomic mass is 16.6. The first-order valence-electron chi connectivity index (χ1n) is 30.7. The summed E-state index contributed by atoms with van der Waals surface area (Å²) in [7, 11) is 0. The molecule has 98 heavy (non-hydrogen) atoms. The number of nitrogens with zero attached hydrogens (tertiary/aromatic N) is 15. The van der Waals surface area contributed by atoms with Gasteiger partial charge in [0.25, 0.3) is 0 Å². The molecule has 35 nitrogen and oxygen atoms in total. The fourth-order valence-corrected chi connectivity index (χ4v) is 11.2. The Hall–Kier alpha value is -12.3. The number of hydrogen-bond acceptors (Lipinski definition) is 30. The van der Waals surface area contributed by atoms with Gasteiger partial charge in [-0.25, -0.2) is 23.1 Å². The van der Waals surface area contributed by atoms with Crippen molar-refractivity contribution in [1.29, 1.82) is 0 Å². The second-order valence-corrected chi connectivity index (χ2v) is 23.1. The molecule has 0 aliphatic heterocycles. The SMILES string of the molecule is CC(C)C(=O)Cc1ccc([N+](=O)[O-])c2nonc12.CCCC(=O)Cc1ccc([N+](=O)[O-])c2nonc12.O=C(Cc1ccc([N+](=O)[O-])c2nonc12)C1CCCC1.O=C(Cc1ccc([N+](=O)[O-])c2nonc12)C1CCCCC1.O=C(Cc1ccc([N+](=O)[O-])c2nonc12)c1ccccc1. The predicted octanol–water partition coefficient (Wildman–Crippen LogP) is 11.8. The highest BCUT2D eigenvalue weighted by Crippen LogP contribution is 2.34. The Kier molecular flexibility index (Phi) is 23.0. The highest BCUT2D eigenvalue weighted by molar-refractivity contribution is 6.00. The first-order chi connectivity index (χ1) is 47.1. The molecule has 2 saturated carbocycles. The van der Waals surface area contributed by atoms with Crippen LogP contribution in [0, 0.1) is 68.3 Å². The van der Waals surface area contributed by atoms with E-state index in [9.17, 15) is 74.5 Å². The Morgan fingerprint density at radius 1 is 0.388 bits per heavy atom. The van der Waals surface area contributed by atoms with Crippen molar-refractivity contribution in [1.82, 2.24) is 51.6 Å². The van der Waals surface area contributed by atoms with Crippen LogP contribution in [0.5, 0.6) is 0 Å². The van der Waals surface area contributed by atoms with Crippen molar-refractivity contribution in [3.05, 3.63) is 175 Å². The molecule has 0 amide bonds. The number of Topliss-reactive ketones (excluding diaryl/α,β-unsaturated/α-hetero) is 5. The average Bonchev–Trinajstić information content (AvgIpc) is 1.62. The van der Waals surface area contributed by atoms with Crippen molar-refractivity contribution in [3.63, 3.8) is 0 Å². The minimum atomic E-state index is -0.560. The summed E-state index contributed by atoms with van der Waals surface area (Å²) in [5.74, 6) is 0.449. The zero-order valence-corrected chi connectivity index (χ0v) is 52.6. The third-order valence-electron chi connectivity index (χ3n) is 16.3. The molecule has 0 atom stereocenters. The van der Waals surface area contributed by atoms with Crippen LogP contribution in [0.25, 0.3) is 55.2 Å². The van der Waals surface area contributed by atoms with Gasteiger partial charge in [-0.3, -0.25) is 74.5 Å². The Balaban J connectivity index is 0.000000144. The lowest BCUT2D eigenvalue weighted by atomic mass is 9.84. The number of nitro groups is 5. The number of fused-ring (bicyclic) bond motifs is 5. The van der Waals surface area contributed by atoms with Crippen LogP contribution >= 0.6 is 0 Å². The maximum Gasteiger partial charge on any atom is 0.300 e. The number of hydrogen-bond donors (Lipinski definition) is 0. The van der Waals surface area contributed by atoms with Gasteiger partial charge < -0.3 is 0 Å². The Labute approximate surface area is 550 Å². The summed E-state index contributed by atoms with van der Waals surface area (Å²) in [5.41, 5.74) is 4.62. The van der Waals surface area contributed by atoms with E-state index < -0.39 is 24.6 Å². The molecule has 5 aromatic heterocycles. The molecule has 2 aliphatic carbocycles. The van der Waals surface area contributed by atoms with Gasteiger partial charge in [0.05, 0.1) is 24.6 Å². The number of ketones is 5. The lowest BCUT2D eigenvalue weighted by Gasteiger charge is -2.20. The maximum absolute atomic E-state index is 12.3. The van der Waals surface area contributed by atoms with Crippen molar-refractivity contribution < 1.29 is 71.7 Å². The molecule has 2 fully saturated rings. The zero-order chi connectivity index (χ0) is 70.2. The van der Waals surface area contributed by atoms with Gasteiger partial charge in [-0.05, 0) is 142 Å². The summed E-state index contributed by atoms with van der Waals surface area (Å²) in [4.78, 5) is 112. The van der Waals surface area contributed by atoms with E-state index in [4.69, 9.17) is 0 Å². The molecule has 11 aromatic rings. The standard InChI is InChI=1S/C14H15N3O4.C14H9N3O4.C13H13N3O4.2C11H11N3O4/c2*18-12(9-4-2-1-3-5-9)8-10-6-7-11(17(19)20)14-13(10)15-21-16-14;17-11(8-3-1-2-4-8)7-9-5-6-10(16(18)19)13-12(9)14-20-15-13;1-6(2)9(15)5-7-3-4-8(14(16)17)11-10(7)12-18-13-11;1-2-3-8(15)6-7-4-5-9(14(16)17)11-10(7)12-18-13-11/h6-7,9H,1-5,8H2;1-7H,8H2;5-6,8H,1-4,7H2;3-4,6H,5H2,1-2H3;4-5H,2-3,6H2,1H3. The van der Waals surface area contributed by atoms with E-state index >= 15 is 0 Å². The van der Waals surface area contributed by atoms with Crippen molar-refractivity contribution in [2.75, 3.05) is 0 Å². The van der Waals surface area contributed by atoms with Crippen LogP contribution in [0.15, 0.2) is 114 Å². The predicted molar refractivity (Wildman–Crippen MR) is 340 cm³/mol. The van der Waals surface area contributed by atoms with Crippen LogP contribution in [-0.4, -0.2) is 105 Å². The largest absolute Gasteiger partial charge is 0.300 e. The van der Waals surface area contributed by atoms with Gasteiger partial charge in [0.1, 0.15) is 50.7 Å². The molecule has 5 heterocycles. The summed E-state index contributed by atoms with van der Waals surface area (Å²) in [6.07, 6.45) is 11.5. The molecule has 35 heteroatoms. The van der Waals surface area contributed by atoms with Gasteiger partial charge in [-0.15, -0.1) is 0 Å². The van der Waals surface area contributed by atoms with Gasteiger partial charge in [0.15, 0.2) is 5.78 Å². The Morgan fingerprint density at radius 2 is 0.673 bits per heavy atom. The second kappa shape index (κ2) is 32.2. The van der Waals surface area contributed by atoms with E-state index in [-0.39, 0.29) is 151 Å². The maximum atomic E-state index is 12.3. The van der Waals surface area contributed by atoms with Crippen LogP contribution in [0.1, 0.15) is 130 Å². The monoisotopic (exact) mass is 1350 g/mol. The second-order valence-electron chi connectivity index (χ2n) is 23.1. The van der Waals surface area contributed by atoms with Crippen molar-refractivity contribution in [2.24, 2.45) is 17.8 Å². The van der Waals surface area contributed by atoms with E-state index in [1.54, 1.807) is 50.2 Å². The summed E-state index contributed by atoms with van der Waals surface area (Å²) in [6.45, 7) is 5.51. The summed E-state index contributed by atoms with van der Waals surface area (Å²) >= 11 is 0. The number of rotatable bonds is 21. The molecule has 0 saturated heterocycles. The van der Waals surface area contributed by atoms with Crippen LogP contribution in [0.4, 0.5) is 28.4 Å². The molecule has 6 aromatic carbocycles. The molecule has 13 rings (SSSR count). The van der Waals surface area contributed by atoms with Crippen LogP contribution < -0.4 is 0 Å². The van der Waals surface area contributed by atoms with Crippen LogP contribution in [0.3, 0.4) is 0 Å². The van der Waals surface area contributed by atoms with Crippen LogP contribution in [0.2, 0.25) is 0 Å². The summed E-state index contributed by atoms with van der Waals surface area (Å²) in [5, 5.41) is 90.3. The molecule has 0 spiro atoms. The highest BCUT2D eigenvalue weighted by Gasteiger charge is 2.29. The van der Waals surface area contributed by atoms with Crippen molar-refractivity contribution >= 4 is 113 Å². The molecular formula is C63H59N15O20. The minimum Gasteiger partial charge on any atom is -0.299 e. The Morgan fingerprint density at radius 3 is 0.980 bits per heavy atom. The fraction of sp³-hybridized carbons (Fsp3) is 0.349. The van der Waals surface area contributed by atoms with Gasteiger partial charge in [-0.1, -0.05) is 83.2 Å². The van der Waals surface area contributed by atoms with Gasteiger partial charge in [0.2, 0.25) is 27.6 Å². The van der Waals surface area contributed by atoms with Gasteiger partial charge in [-0.2, -0.15) is 0 Å². The van der Waals surface area contributed by atoms with Crippen LogP contribution in [-0.2, 0) is 51.3 Å². The zero-order valence-electron chi connectivity index (χ0n) is 52.6. The lowest BCUT2D eigenvalue weighted by molar-refractivity contribution is -0.383. The van der Waals surface area contributed by atoms with E-state index in [0.29, 0.717) is 50.8 Å². The Bertz CT molecular complexity index is 4800. The number of non-ortho nitro benzene ring substituents is 5. The fourth-order valence-electron chi connectivity index (χ4n) is 11.2. The molecule has 506 valence electrons. The summed E-state index contributed by atoms with van der Waals surface area (Å²) in [6, 6.07) is 23.1. The molecular weight excluding hydrogens is 1290 g/mol. The smallest absolute Gasteiger partial charge is 0.299 e. The minimum absolute atomic E-state index is 0.0353. The third kappa shape index (κ3) is 16.8. The summed E-state index contributed by atoms with van der Waals surface area (Å²) < 4.78 is 22.8.